The van der Waals surface area contributed by atoms with Gasteiger partial charge in [-0.2, -0.15) is 0 Å². The predicted octanol–water partition coefficient (Wildman–Crippen LogP) is 3.11. The molecule has 0 aliphatic carbocycles. The first-order chi connectivity index (χ1) is 7.81. The van der Waals surface area contributed by atoms with E-state index in [2.05, 4.69) is 12.2 Å². The van der Waals surface area contributed by atoms with Gasteiger partial charge in [-0.3, -0.25) is 0 Å². The zero-order chi connectivity index (χ0) is 11.4. The van der Waals surface area contributed by atoms with Gasteiger partial charge in [0.2, 0.25) is 0 Å². The van der Waals surface area contributed by atoms with Crippen LogP contribution in [0.25, 0.3) is 0 Å². The lowest BCUT2D eigenvalue weighted by Crippen LogP contribution is -2.28. The third-order valence-corrected chi connectivity index (χ3v) is 3.45. The normalized spacial score (nSPS) is 22.0. The van der Waals surface area contributed by atoms with Crippen LogP contribution in [0.15, 0.2) is 24.3 Å². The Kier molecular flexibility index (Phi) is 4.08. The molecule has 0 radical (unpaired) electrons. The minimum Gasteiger partial charge on any atom is -0.489 e. The molecule has 0 aromatic heterocycles. The largest absolute Gasteiger partial charge is 0.489 e. The Labute approximate surface area is 102 Å². The van der Waals surface area contributed by atoms with Crippen molar-refractivity contribution >= 4 is 11.6 Å². The third-order valence-electron chi connectivity index (χ3n) is 3.14. The zero-order valence-electron chi connectivity index (χ0n) is 9.58. The van der Waals surface area contributed by atoms with E-state index in [1.54, 1.807) is 0 Å². The second-order valence-corrected chi connectivity index (χ2v) is 4.66. The quantitative estimate of drug-likeness (QED) is 0.872. The molecule has 3 heteroatoms. The van der Waals surface area contributed by atoms with Crippen molar-refractivity contribution in [3.05, 3.63) is 29.3 Å². The van der Waals surface area contributed by atoms with Gasteiger partial charge >= 0.3 is 0 Å². The summed E-state index contributed by atoms with van der Waals surface area (Å²) in [6.07, 6.45) is 2.50. The summed E-state index contributed by atoms with van der Waals surface area (Å²) in [4.78, 5) is 0. The first-order valence-electron chi connectivity index (χ1n) is 5.93. The SMILES string of the molecule is CC[C@@H](Oc1ccccc1Cl)C1CCNC1. The van der Waals surface area contributed by atoms with Crippen molar-refractivity contribution < 1.29 is 4.74 Å². The molecule has 0 saturated carbocycles. The highest BCUT2D eigenvalue weighted by Gasteiger charge is 2.25. The van der Waals surface area contributed by atoms with Gasteiger partial charge in [0.25, 0.3) is 0 Å². The van der Waals surface area contributed by atoms with E-state index in [9.17, 15) is 0 Å². The van der Waals surface area contributed by atoms with Crippen LogP contribution < -0.4 is 10.1 Å². The predicted molar refractivity (Wildman–Crippen MR) is 67.1 cm³/mol. The molecule has 1 aliphatic heterocycles. The van der Waals surface area contributed by atoms with Gasteiger partial charge in [0.05, 0.1) is 5.02 Å². The Morgan fingerprint density at radius 1 is 1.50 bits per heavy atom. The number of ether oxygens (including phenoxy) is 1. The van der Waals surface area contributed by atoms with E-state index in [1.807, 2.05) is 24.3 Å². The number of para-hydroxylation sites is 1. The molecular formula is C13H18ClNO. The van der Waals surface area contributed by atoms with E-state index in [-0.39, 0.29) is 6.10 Å². The molecular weight excluding hydrogens is 222 g/mol. The molecule has 0 bridgehead atoms. The van der Waals surface area contributed by atoms with Crippen LogP contribution in [-0.2, 0) is 0 Å². The summed E-state index contributed by atoms with van der Waals surface area (Å²) in [7, 11) is 0. The molecule has 1 N–H and O–H groups in total. The van der Waals surface area contributed by atoms with Crippen LogP contribution in [0.3, 0.4) is 0 Å². The maximum atomic E-state index is 6.09. The number of benzene rings is 1. The Morgan fingerprint density at radius 2 is 2.31 bits per heavy atom. The molecule has 88 valence electrons. The van der Waals surface area contributed by atoms with Crippen molar-refractivity contribution in [1.82, 2.24) is 5.32 Å². The molecule has 2 nitrogen and oxygen atoms in total. The lowest BCUT2D eigenvalue weighted by Gasteiger charge is -2.23. The standard InChI is InChI=1S/C13H18ClNO/c1-2-12(10-7-8-15-9-10)16-13-6-4-3-5-11(13)14/h3-6,10,12,15H,2,7-9H2,1H3/t10?,12-/m1/s1. The Balaban J connectivity index is 2.03. The Hall–Kier alpha value is -0.730. The summed E-state index contributed by atoms with van der Waals surface area (Å²) in [5, 5.41) is 4.08. The number of halogens is 1. The molecule has 0 spiro atoms. The minimum absolute atomic E-state index is 0.273. The van der Waals surface area contributed by atoms with Crippen LogP contribution in [0, 0.1) is 5.92 Å². The summed E-state index contributed by atoms with van der Waals surface area (Å²) in [5.41, 5.74) is 0. The Bertz CT molecular complexity index is 336. The van der Waals surface area contributed by atoms with Crippen molar-refractivity contribution in [2.45, 2.75) is 25.9 Å². The number of hydrogen-bond donors (Lipinski definition) is 1. The highest BCUT2D eigenvalue weighted by atomic mass is 35.5. The maximum absolute atomic E-state index is 6.09. The van der Waals surface area contributed by atoms with Gasteiger partial charge in [-0.1, -0.05) is 30.7 Å². The molecule has 1 aromatic rings. The summed E-state index contributed by atoms with van der Waals surface area (Å²) in [6, 6.07) is 7.69. The fraction of sp³-hybridized carbons (Fsp3) is 0.538. The van der Waals surface area contributed by atoms with E-state index < -0.39 is 0 Å². The maximum Gasteiger partial charge on any atom is 0.138 e. The average Bonchev–Trinajstić information content (AvgIpc) is 2.81. The van der Waals surface area contributed by atoms with Gasteiger partial charge in [-0.25, -0.2) is 0 Å². The third kappa shape index (κ3) is 2.69. The molecule has 16 heavy (non-hydrogen) atoms. The van der Waals surface area contributed by atoms with Crippen LogP contribution in [0.5, 0.6) is 5.75 Å². The summed E-state index contributed by atoms with van der Waals surface area (Å²) in [6.45, 7) is 4.33. The van der Waals surface area contributed by atoms with E-state index in [4.69, 9.17) is 16.3 Å². The molecule has 1 aromatic carbocycles. The molecule has 1 fully saturated rings. The molecule has 1 aliphatic rings. The lowest BCUT2D eigenvalue weighted by atomic mass is 9.99. The van der Waals surface area contributed by atoms with Gasteiger partial charge in [-0.15, -0.1) is 0 Å². The zero-order valence-corrected chi connectivity index (χ0v) is 10.3. The minimum atomic E-state index is 0.273. The summed E-state index contributed by atoms with van der Waals surface area (Å²) >= 11 is 6.09. The monoisotopic (exact) mass is 239 g/mol. The van der Waals surface area contributed by atoms with Crippen molar-refractivity contribution in [2.24, 2.45) is 5.92 Å². The van der Waals surface area contributed by atoms with Crippen molar-refractivity contribution in [2.75, 3.05) is 13.1 Å². The number of hydrogen-bond acceptors (Lipinski definition) is 2. The fourth-order valence-corrected chi connectivity index (χ4v) is 2.39. The van der Waals surface area contributed by atoms with Crippen LogP contribution in [-0.4, -0.2) is 19.2 Å². The van der Waals surface area contributed by atoms with Crippen molar-refractivity contribution in [3.8, 4) is 5.75 Å². The van der Waals surface area contributed by atoms with Gasteiger partial charge in [-0.05, 0) is 31.5 Å². The molecule has 0 amide bonds. The van der Waals surface area contributed by atoms with Crippen molar-refractivity contribution in [1.29, 1.82) is 0 Å². The summed E-state index contributed by atoms with van der Waals surface area (Å²) in [5.74, 6) is 1.42. The number of rotatable bonds is 4. The van der Waals surface area contributed by atoms with Gasteiger partial charge < -0.3 is 10.1 Å². The smallest absolute Gasteiger partial charge is 0.138 e. The molecule has 1 saturated heterocycles. The van der Waals surface area contributed by atoms with E-state index in [0.29, 0.717) is 10.9 Å². The van der Waals surface area contributed by atoms with E-state index >= 15 is 0 Å². The summed E-state index contributed by atoms with van der Waals surface area (Å²) < 4.78 is 6.01. The van der Waals surface area contributed by atoms with Gasteiger partial charge in [0.15, 0.2) is 0 Å². The van der Waals surface area contributed by atoms with Crippen LogP contribution in [0.2, 0.25) is 5.02 Å². The van der Waals surface area contributed by atoms with Crippen LogP contribution >= 0.6 is 11.6 Å². The van der Waals surface area contributed by atoms with Gasteiger partial charge in [0.1, 0.15) is 11.9 Å². The molecule has 2 rings (SSSR count). The van der Waals surface area contributed by atoms with Gasteiger partial charge in [0, 0.05) is 12.5 Å². The van der Waals surface area contributed by atoms with E-state index in [0.717, 1.165) is 25.3 Å². The average molecular weight is 240 g/mol. The first-order valence-corrected chi connectivity index (χ1v) is 6.31. The van der Waals surface area contributed by atoms with E-state index in [1.165, 1.54) is 6.42 Å². The lowest BCUT2D eigenvalue weighted by molar-refractivity contribution is 0.138. The topological polar surface area (TPSA) is 21.3 Å². The Morgan fingerprint density at radius 3 is 2.94 bits per heavy atom. The highest BCUT2D eigenvalue weighted by Crippen LogP contribution is 2.28. The van der Waals surface area contributed by atoms with Crippen LogP contribution in [0.4, 0.5) is 0 Å². The second kappa shape index (κ2) is 5.55. The highest BCUT2D eigenvalue weighted by molar-refractivity contribution is 6.32. The van der Waals surface area contributed by atoms with Crippen molar-refractivity contribution in [3.63, 3.8) is 0 Å². The first kappa shape index (κ1) is 11.7. The molecule has 1 heterocycles. The number of nitrogens with one attached hydrogen (secondary N) is 1. The fourth-order valence-electron chi connectivity index (χ4n) is 2.21. The molecule has 2 atom stereocenters. The molecule has 1 unspecified atom stereocenters. The second-order valence-electron chi connectivity index (χ2n) is 4.25. The van der Waals surface area contributed by atoms with Crippen LogP contribution in [0.1, 0.15) is 19.8 Å².